The van der Waals surface area contributed by atoms with E-state index in [4.69, 9.17) is 19.4 Å². The van der Waals surface area contributed by atoms with E-state index in [2.05, 4.69) is 20.5 Å². The summed E-state index contributed by atoms with van der Waals surface area (Å²) in [6.45, 7) is 6.70. The van der Waals surface area contributed by atoms with Gasteiger partial charge in [-0.15, -0.1) is 0 Å². The Labute approximate surface area is 221 Å². The molecule has 1 aromatic carbocycles. The first-order valence-electron chi connectivity index (χ1n) is 13.0. The zero-order chi connectivity index (χ0) is 26.3. The molecule has 2 aliphatic heterocycles. The van der Waals surface area contributed by atoms with Crippen molar-refractivity contribution in [3.63, 3.8) is 0 Å². The van der Waals surface area contributed by atoms with E-state index in [1.807, 2.05) is 41.3 Å². The number of anilines is 1. The first-order valence-corrected chi connectivity index (χ1v) is 13.0. The molecule has 2 aromatic heterocycles. The molecular weight excluding hydrogens is 486 g/mol. The second-order valence-corrected chi connectivity index (χ2v) is 9.37. The molecule has 0 radical (unpaired) electrons. The lowest BCUT2D eigenvalue weighted by molar-refractivity contribution is -0.118. The second-order valence-electron chi connectivity index (χ2n) is 9.37. The third kappa shape index (κ3) is 6.23. The number of amides is 2. The van der Waals surface area contributed by atoms with Gasteiger partial charge in [-0.3, -0.25) is 14.5 Å². The Balaban J connectivity index is 1.26. The molecule has 38 heavy (non-hydrogen) atoms. The van der Waals surface area contributed by atoms with E-state index in [-0.39, 0.29) is 11.8 Å². The minimum absolute atomic E-state index is 0.0465. The van der Waals surface area contributed by atoms with Crippen LogP contribution in [-0.4, -0.2) is 89.2 Å². The molecule has 1 saturated heterocycles. The average molecular weight is 520 g/mol. The lowest BCUT2D eigenvalue weighted by atomic mass is 10.2. The van der Waals surface area contributed by atoms with Crippen LogP contribution in [0.4, 0.5) is 5.82 Å². The molecule has 4 heterocycles. The SMILES string of the molecule is CC(=O)NCCNc1nc(-c2ccccc2)nc2[nH]c(C(=O)N3CCN(CCCC4=COCO4)CC3)cc12. The van der Waals surface area contributed by atoms with Gasteiger partial charge in [0.15, 0.2) is 5.82 Å². The van der Waals surface area contributed by atoms with Crippen LogP contribution in [0.25, 0.3) is 22.4 Å². The molecule has 0 saturated carbocycles. The molecule has 11 heteroatoms. The van der Waals surface area contributed by atoms with Crippen molar-refractivity contribution in [2.45, 2.75) is 19.8 Å². The number of hydrogen-bond donors (Lipinski definition) is 3. The molecule has 2 aliphatic rings. The Kier molecular flexibility index (Phi) is 8.03. The first kappa shape index (κ1) is 25.5. The van der Waals surface area contributed by atoms with Gasteiger partial charge in [0.1, 0.15) is 29.2 Å². The van der Waals surface area contributed by atoms with Crippen molar-refractivity contribution in [1.29, 1.82) is 0 Å². The van der Waals surface area contributed by atoms with Crippen molar-refractivity contribution in [3.05, 3.63) is 54.1 Å². The number of H-pyrrole nitrogens is 1. The summed E-state index contributed by atoms with van der Waals surface area (Å²) in [4.78, 5) is 41.6. The normalized spacial score (nSPS) is 15.6. The van der Waals surface area contributed by atoms with Crippen LogP contribution in [0.3, 0.4) is 0 Å². The van der Waals surface area contributed by atoms with Crippen LogP contribution in [-0.2, 0) is 14.3 Å². The number of allylic oxidation sites excluding steroid dienone is 1. The van der Waals surface area contributed by atoms with Gasteiger partial charge in [0, 0.05) is 58.2 Å². The number of carbonyl (C=O) groups excluding carboxylic acids is 2. The van der Waals surface area contributed by atoms with Crippen LogP contribution >= 0.6 is 0 Å². The summed E-state index contributed by atoms with van der Waals surface area (Å²) in [7, 11) is 0. The molecule has 1 fully saturated rings. The minimum atomic E-state index is -0.0888. The number of aromatic nitrogens is 3. The maximum atomic E-state index is 13.4. The molecule has 3 N–H and O–H groups in total. The molecule has 0 spiro atoms. The van der Waals surface area contributed by atoms with Gasteiger partial charge in [-0.05, 0) is 19.0 Å². The van der Waals surface area contributed by atoms with Gasteiger partial charge in [-0.25, -0.2) is 9.97 Å². The van der Waals surface area contributed by atoms with Crippen molar-refractivity contribution in [2.75, 3.05) is 57.9 Å². The predicted octanol–water partition coefficient (Wildman–Crippen LogP) is 2.56. The fourth-order valence-corrected chi connectivity index (χ4v) is 4.62. The highest BCUT2D eigenvalue weighted by Crippen LogP contribution is 2.26. The third-order valence-electron chi connectivity index (χ3n) is 6.63. The van der Waals surface area contributed by atoms with Crippen LogP contribution in [0.15, 0.2) is 48.4 Å². The molecule has 11 nitrogen and oxygen atoms in total. The van der Waals surface area contributed by atoms with Crippen LogP contribution in [0.5, 0.6) is 0 Å². The molecule has 2 amide bonds. The maximum absolute atomic E-state index is 13.4. The highest BCUT2D eigenvalue weighted by atomic mass is 16.7. The van der Waals surface area contributed by atoms with E-state index in [1.165, 1.54) is 6.92 Å². The molecule has 200 valence electrons. The van der Waals surface area contributed by atoms with E-state index in [1.54, 1.807) is 6.26 Å². The number of aromatic amines is 1. The maximum Gasteiger partial charge on any atom is 0.270 e. The number of fused-ring (bicyclic) bond motifs is 1. The Bertz CT molecular complexity index is 1300. The van der Waals surface area contributed by atoms with Crippen LogP contribution in [0.1, 0.15) is 30.3 Å². The first-order chi connectivity index (χ1) is 18.6. The van der Waals surface area contributed by atoms with Gasteiger partial charge in [-0.1, -0.05) is 30.3 Å². The summed E-state index contributed by atoms with van der Waals surface area (Å²) in [5.41, 5.74) is 1.96. The Hall–Kier alpha value is -4.12. The molecule has 0 atom stereocenters. The van der Waals surface area contributed by atoms with Crippen molar-refractivity contribution in [2.24, 2.45) is 0 Å². The van der Waals surface area contributed by atoms with Crippen molar-refractivity contribution in [3.8, 4) is 11.4 Å². The van der Waals surface area contributed by atoms with Gasteiger partial charge >= 0.3 is 0 Å². The second kappa shape index (κ2) is 12.0. The predicted molar refractivity (Wildman–Crippen MR) is 143 cm³/mol. The monoisotopic (exact) mass is 519 g/mol. The number of nitrogens with one attached hydrogen (secondary N) is 3. The quantitative estimate of drug-likeness (QED) is 0.349. The van der Waals surface area contributed by atoms with Gasteiger partial charge in [0.25, 0.3) is 5.91 Å². The average Bonchev–Trinajstić information content (AvgIpc) is 3.62. The summed E-state index contributed by atoms with van der Waals surface area (Å²) in [5.74, 6) is 1.94. The lowest BCUT2D eigenvalue weighted by Gasteiger charge is -2.34. The number of hydrogen-bond acceptors (Lipinski definition) is 8. The van der Waals surface area contributed by atoms with Crippen LogP contribution in [0.2, 0.25) is 0 Å². The molecule has 0 bridgehead atoms. The Morgan fingerprint density at radius 2 is 1.89 bits per heavy atom. The Morgan fingerprint density at radius 3 is 2.63 bits per heavy atom. The highest BCUT2D eigenvalue weighted by Gasteiger charge is 2.24. The van der Waals surface area contributed by atoms with Crippen molar-refractivity contribution >= 4 is 28.7 Å². The van der Waals surface area contributed by atoms with E-state index >= 15 is 0 Å². The number of ether oxygens (including phenoxy) is 2. The fraction of sp³-hybridized carbons (Fsp3) is 0.407. The number of nitrogens with zero attached hydrogens (tertiary/aromatic N) is 4. The lowest BCUT2D eigenvalue weighted by Crippen LogP contribution is -2.48. The number of carbonyl (C=O) groups is 2. The molecular formula is C27H33N7O4. The van der Waals surface area contributed by atoms with Gasteiger partial charge in [0.05, 0.1) is 5.39 Å². The van der Waals surface area contributed by atoms with Crippen LogP contribution < -0.4 is 10.6 Å². The van der Waals surface area contributed by atoms with Crippen molar-refractivity contribution in [1.82, 2.24) is 30.1 Å². The van der Waals surface area contributed by atoms with E-state index in [0.717, 1.165) is 49.2 Å². The Morgan fingerprint density at radius 1 is 1.08 bits per heavy atom. The zero-order valence-corrected chi connectivity index (χ0v) is 21.5. The minimum Gasteiger partial charge on any atom is -0.462 e. The van der Waals surface area contributed by atoms with Gasteiger partial charge < -0.3 is 30.0 Å². The third-order valence-corrected chi connectivity index (χ3v) is 6.63. The molecule has 5 rings (SSSR count). The van der Waals surface area contributed by atoms with Gasteiger partial charge in [0.2, 0.25) is 12.7 Å². The smallest absolute Gasteiger partial charge is 0.270 e. The highest BCUT2D eigenvalue weighted by molar-refractivity contribution is 6.00. The topological polar surface area (TPSA) is 125 Å². The fourth-order valence-electron chi connectivity index (χ4n) is 4.62. The summed E-state index contributed by atoms with van der Waals surface area (Å²) >= 11 is 0. The summed E-state index contributed by atoms with van der Waals surface area (Å²) in [6.07, 6.45) is 3.54. The summed E-state index contributed by atoms with van der Waals surface area (Å²) < 4.78 is 10.5. The van der Waals surface area contributed by atoms with Gasteiger partial charge in [-0.2, -0.15) is 0 Å². The number of rotatable bonds is 10. The molecule has 3 aromatic rings. The summed E-state index contributed by atoms with van der Waals surface area (Å²) in [6, 6.07) is 11.5. The number of benzene rings is 1. The molecule has 0 aliphatic carbocycles. The number of piperazine rings is 1. The standard InChI is InChI=1S/C27H33N7O4/c1-19(35)28-9-10-29-25-22-16-23(30-26(22)32-24(31-25)20-6-3-2-4-7-20)27(36)34-14-12-33(13-15-34)11-5-8-21-17-37-18-38-21/h2-4,6-7,16-17H,5,8-15,18H2,1H3,(H,28,35)(H2,29,30,31,32). The largest absolute Gasteiger partial charge is 0.462 e. The van der Waals surface area contributed by atoms with E-state index < -0.39 is 0 Å². The van der Waals surface area contributed by atoms with E-state index in [0.29, 0.717) is 56.0 Å². The zero-order valence-electron chi connectivity index (χ0n) is 21.5. The van der Waals surface area contributed by atoms with Crippen LogP contribution in [0, 0.1) is 0 Å². The van der Waals surface area contributed by atoms with E-state index in [9.17, 15) is 9.59 Å². The summed E-state index contributed by atoms with van der Waals surface area (Å²) in [5, 5.41) is 6.81. The van der Waals surface area contributed by atoms with Crippen molar-refractivity contribution < 1.29 is 19.1 Å². The molecule has 0 unspecified atom stereocenters.